The van der Waals surface area contributed by atoms with E-state index in [1.54, 1.807) is 18.3 Å². The van der Waals surface area contributed by atoms with Gasteiger partial charge >= 0.3 is 0 Å². The quantitative estimate of drug-likeness (QED) is 0.568. The molecule has 2 heterocycles. The maximum atomic E-state index is 12.8. The first kappa shape index (κ1) is 24.4. The fourth-order valence-corrected chi connectivity index (χ4v) is 4.41. The molecule has 1 aliphatic carbocycles. The predicted molar refractivity (Wildman–Crippen MR) is 118 cm³/mol. The first-order valence-electron chi connectivity index (χ1n) is 9.05. The van der Waals surface area contributed by atoms with Gasteiger partial charge in [-0.2, -0.15) is 0 Å². The summed E-state index contributed by atoms with van der Waals surface area (Å²) in [6, 6.07) is 3.43. The third kappa shape index (κ3) is 5.91. The molecule has 9 heteroatoms. The van der Waals surface area contributed by atoms with Gasteiger partial charge in [-0.15, -0.1) is 36.2 Å². The molecule has 3 rings (SSSR count). The Morgan fingerprint density at radius 2 is 1.93 bits per heavy atom. The lowest BCUT2D eigenvalue weighted by atomic mass is 9.95. The standard InChI is InChI=1S/C19H24N4O2S.2ClH/c20-9-3-4-11-22-18(25)16-14-7-1-2-8-15(14)26-19(16)23-17(24)13-6-5-10-21-12-13;;/h5-6,10,12H,1-4,7-9,11,20H2,(H,22,25)(H,23,24);2*1H. The molecular formula is C19H26Cl2N4O2S. The van der Waals surface area contributed by atoms with E-state index >= 15 is 0 Å². The first-order valence-corrected chi connectivity index (χ1v) is 9.86. The molecule has 0 unspecified atom stereocenters. The van der Waals surface area contributed by atoms with Gasteiger partial charge in [0.1, 0.15) is 5.00 Å². The summed E-state index contributed by atoms with van der Waals surface area (Å²) in [6.45, 7) is 1.22. The second-order valence-corrected chi connectivity index (χ2v) is 7.47. The summed E-state index contributed by atoms with van der Waals surface area (Å²) < 4.78 is 0. The van der Waals surface area contributed by atoms with Gasteiger partial charge in [0.15, 0.2) is 0 Å². The van der Waals surface area contributed by atoms with E-state index in [4.69, 9.17) is 5.73 Å². The van der Waals surface area contributed by atoms with E-state index < -0.39 is 0 Å². The maximum absolute atomic E-state index is 12.8. The van der Waals surface area contributed by atoms with Gasteiger partial charge in [-0.05, 0) is 62.8 Å². The van der Waals surface area contributed by atoms with Gasteiger partial charge in [-0.3, -0.25) is 14.6 Å². The van der Waals surface area contributed by atoms with Crippen LogP contribution in [0.2, 0.25) is 0 Å². The molecule has 2 aromatic rings. The van der Waals surface area contributed by atoms with Gasteiger partial charge in [-0.1, -0.05) is 0 Å². The van der Waals surface area contributed by atoms with Crippen LogP contribution in [-0.2, 0) is 12.8 Å². The average Bonchev–Trinajstić information content (AvgIpc) is 3.03. The van der Waals surface area contributed by atoms with Gasteiger partial charge < -0.3 is 16.4 Å². The van der Waals surface area contributed by atoms with E-state index in [9.17, 15) is 9.59 Å². The first-order chi connectivity index (χ1) is 12.7. The lowest BCUT2D eigenvalue weighted by Gasteiger charge is -2.13. The number of amides is 2. The van der Waals surface area contributed by atoms with Crippen molar-refractivity contribution in [2.24, 2.45) is 5.73 Å². The lowest BCUT2D eigenvalue weighted by molar-refractivity contribution is 0.0953. The van der Waals surface area contributed by atoms with Crippen LogP contribution in [0.25, 0.3) is 0 Å². The zero-order valence-electron chi connectivity index (χ0n) is 15.5. The van der Waals surface area contributed by atoms with E-state index in [1.165, 1.54) is 22.4 Å². The molecule has 0 aromatic carbocycles. The third-order valence-corrected chi connectivity index (χ3v) is 5.67. The Hall–Kier alpha value is -1.67. The van der Waals surface area contributed by atoms with E-state index in [0.29, 0.717) is 29.2 Å². The molecule has 6 nitrogen and oxygen atoms in total. The number of fused-ring (bicyclic) bond motifs is 1. The second-order valence-electron chi connectivity index (χ2n) is 6.36. The molecule has 0 fully saturated rings. The summed E-state index contributed by atoms with van der Waals surface area (Å²) >= 11 is 1.52. The lowest BCUT2D eigenvalue weighted by Crippen LogP contribution is -2.27. The third-order valence-electron chi connectivity index (χ3n) is 4.47. The van der Waals surface area contributed by atoms with Gasteiger partial charge in [-0.25, -0.2) is 0 Å². The highest BCUT2D eigenvalue weighted by Crippen LogP contribution is 2.38. The minimum Gasteiger partial charge on any atom is -0.352 e. The summed E-state index contributed by atoms with van der Waals surface area (Å²) in [5.41, 5.74) is 7.71. The smallest absolute Gasteiger partial charge is 0.257 e. The number of aromatic nitrogens is 1. The van der Waals surface area contributed by atoms with Crippen molar-refractivity contribution in [3.8, 4) is 0 Å². The van der Waals surface area contributed by atoms with Gasteiger partial charge in [0.25, 0.3) is 11.8 Å². The summed E-state index contributed by atoms with van der Waals surface area (Å²) in [5.74, 6) is -0.350. The Balaban J connectivity index is 0.00000196. The highest BCUT2D eigenvalue weighted by molar-refractivity contribution is 7.17. The molecule has 0 saturated carbocycles. The minimum atomic E-state index is -0.242. The van der Waals surface area contributed by atoms with Crippen LogP contribution >= 0.6 is 36.2 Å². The van der Waals surface area contributed by atoms with Crippen molar-refractivity contribution in [1.29, 1.82) is 0 Å². The van der Waals surface area contributed by atoms with Crippen LogP contribution in [0.15, 0.2) is 24.5 Å². The van der Waals surface area contributed by atoms with Crippen LogP contribution in [0, 0.1) is 0 Å². The molecule has 2 aromatic heterocycles. The number of nitrogens with zero attached hydrogens (tertiary/aromatic N) is 1. The number of nitrogens with one attached hydrogen (secondary N) is 2. The van der Waals surface area contributed by atoms with Crippen molar-refractivity contribution < 1.29 is 9.59 Å². The fraction of sp³-hybridized carbons (Fsp3) is 0.421. The fourth-order valence-electron chi connectivity index (χ4n) is 3.13. The van der Waals surface area contributed by atoms with E-state index in [0.717, 1.165) is 44.1 Å². The molecule has 0 atom stereocenters. The number of pyridine rings is 1. The molecule has 1 aliphatic rings. The van der Waals surface area contributed by atoms with Crippen LogP contribution in [-0.4, -0.2) is 29.9 Å². The van der Waals surface area contributed by atoms with Crippen LogP contribution in [0.4, 0.5) is 5.00 Å². The normalized spacial score (nSPS) is 12.2. The molecular weight excluding hydrogens is 419 g/mol. The molecule has 28 heavy (non-hydrogen) atoms. The molecule has 0 bridgehead atoms. The molecule has 154 valence electrons. The largest absolute Gasteiger partial charge is 0.352 e. The summed E-state index contributed by atoms with van der Waals surface area (Å²) in [6.07, 6.45) is 8.94. The van der Waals surface area contributed by atoms with Crippen molar-refractivity contribution in [3.05, 3.63) is 46.1 Å². The highest BCUT2D eigenvalue weighted by atomic mass is 35.5. The van der Waals surface area contributed by atoms with E-state index in [-0.39, 0.29) is 36.6 Å². The average molecular weight is 445 g/mol. The number of hydrogen-bond acceptors (Lipinski definition) is 5. The Kier molecular flexibility index (Phi) is 10.5. The number of halogens is 2. The van der Waals surface area contributed by atoms with Crippen LogP contribution < -0.4 is 16.4 Å². The zero-order chi connectivity index (χ0) is 18.4. The second kappa shape index (κ2) is 12.0. The predicted octanol–water partition coefficient (Wildman–Crippen LogP) is 3.59. The van der Waals surface area contributed by atoms with Crippen LogP contribution in [0.1, 0.15) is 56.8 Å². The molecule has 0 aliphatic heterocycles. The molecule has 0 saturated heterocycles. The topological polar surface area (TPSA) is 97.1 Å². The van der Waals surface area contributed by atoms with Crippen molar-refractivity contribution in [1.82, 2.24) is 10.3 Å². The summed E-state index contributed by atoms with van der Waals surface area (Å²) in [5, 5.41) is 6.54. The Labute approximate surface area is 181 Å². The van der Waals surface area contributed by atoms with E-state index in [2.05, 4.69) is 15.6 Å². The van der Waals surface area contributed by atoms with Crippen molar-refractivity contribution >= 4 is 53.0 Å². The highest BCUT2D eigenvalue weighted by Gasteiger charge is 2.26. The number of rotatable bonds is 7. The number of nitrogens with two attached hydrogens (primary N) is 1. The van der Waals surface area contributed by atoms with Crippen molar-refractivity contribution in [2.45, 2.75) is 38.5 Å². The number of anilines is 1. The molecule has 4 N–H and O–H groups in total. The Morgan fingerprint density at radius 3 is 2.64 bits per heavy atom. The van der Waals surface area contributed by atoms with Crippen LogP contribution in [0.5, 0.6) is 0 Å². The summed E-state index contributed by atoms with van der Waals surface area (Å²) in [4.78, 5) is 30.5. The number of carbonyl (C=O) groups excluding carboxylic acids is 2. The maximum Gasteiger partial charge on any atom is 0.257 e. The number of aryl methyl sites for hydroxylation is 1. The van der Waals surface area contributed by atoms with Gasteiger partial charge in [0.2, 0.25) is 0 Å². The SMILES string of the molecule is Cl.Cl.NCCCCNC(=O)c1c(NC(=O)c2cccnc2)sc2c1CCCC2. The van der Waals surface area contributed by atoms with Gasteiger partial charge in [0, 0.05) is 23.8 Å². The number of unbranched alkanes of at least 4 members (excludes halogenated alkanes) is 1. The number of hydrogen-bond donors (Lipinski definition) is 3. The molecule has 0 radical (unpaired) electrons. The molecule has 2 amide bonds. The summed E-state index contributed by atoms with van der Waals surface area (Å²) in [7, 11) is 0. The van der Waals surface area contributed by atoms with Crippen LogP contribution in [0.3, 0.4) is 0 Å². The van der Waals surface area contributed by atoms with E-state index in [1.807, 2.05) is 0 Å². The Bertz CT molecular complexity index is 784. The number of carbonyl (C=O) groups is 2. The monoisotopic (exact) mass is 444 g/mol. The number of thiophene rings is 1. The Morgan fingerprint density at radius 1 is 1.14 bits per heavy atom. The zero-order valence-corrected chi connectivity index (χ0v) is 18.0. The van der Waals surface area contributed by atoms with Crippen molar-refractivity contribution in [3.63, 3.8) is 0 Å². The minimum absolute atomic E-state index is 0. The molecule has 0 spiro atoms. The van der Waals surface area contributed by atoms with Gasteiger partial charge in [0.05, 0.1) is 11.1 Å². The van der Waals surface area contributed by atoms with Crippen molar-refractivity contribution in [2.75, 3.05) is 18.4 Å².